The smallest absolute Gasteiger partial charge is 0.253 e. The lowest BCUT2D eigenvalue weighted by molar-refractivity contribution is 0.0594. The second-order valence-corrected chi connectivity index (χ2v) is 9.05. The van der Waals surface area contributed by atoms with E-state index in [0.29, 0.717) is 18.7 Å². The van der Waals surface area contributed by atoms with Crippen molar-refractivity contribution in [2.24, 2.45) is 5.14 Å². The zero-order valence-corrected chi connectivity index (χ0v) is 17.2. The number of imidazole rings is 1. The van der Waals surface area contributed by atoms with Crippen LogP contribution >= 0.6 is 0 Å². The third kappa shape index (κ3) is 3.52. The van der Waals surface area contributed by atoms with Crippen LogP contribution < -0.4 is 5.14 Å². The minimum atomic E-state index is -3.78. The van der Waals surface area contributed by atoms with E-state index in [4.69, 9.17) is 5.14 Å². The van der Waals surface area contributed by atoms with Gasteiger partial charge in [0.05, 0.1) is 23.3 Å². The lowest BCUT2D eigenvalue weighted by Crippen LogP contribution is -2.49. The van der Waals surface area contributed by atoms with Crippen molar-refractivity contribution in [1.82, 2.24) is 19.3 Å². The molecule has 1 aliphatic heterocycles. The fraction of sp³-hybridized carbons (Fsp3) is 0.136. The third-order valence-electron chi connectivity index (χ3n) is 5.50. The summed E-state index contributed by atoms with van der Waals surface area (Å²) in [6.45, 7) is 1.08. The van der Waals surface area contributed by atoms with Crippen molar-refractivity contribution in [3.8, 4) is 11.3 Å². The molecule has 5 rings (SSSR count). The Kier molecular flexibility index (Phi) is 4.66. The molecule has 3 heterocycles. The SMILES string of the molecule is N[S+](=O)([O-])c1ccc(C(=O)N2CC(c3ncc4c(-c5ccccc5)nccn34)C2)cc1. The van der Waals surface area contributed by atoms with Crippen LogP contribution in [0.15, 0.2) is 78.1 Å². The number of sulfonamides is 1. The number of likely N-dealkylation sites (tertiary alicyclic amines) is 1. The summed E-state index contributed by atoms with van der Waals surface area (Å²) in [5, 5.41) is 5.11. The maximum atomic E-state index is 12.7. The largest absolute Gasteiger partial charge is 0.593 e. The first-order chi connectivity index (χ1) is 14.9. The molecule has 1 unspecified atom stereocenters. The summed E-state index contributed by atoms with van der Waals surface area (Å²) < 4.78 is 24.8. The highest BCUT2D eigenvalue weighted by atomic mass is 32.3. The zero-order chi connectivity index (χ0) is 21.6. The Morgan fingerprint density at radius 2 is 1.77 bits per heavy atom. The van der Waals surface area contributed by atoms with Crippen LogP contribution in [0.3, 0.4) is 0 Å². The van der Waals surface area contributed by atoms with Gasteiger partial charge >= 0.3 is 0 Å². The molecule has 1 saturated heterocycles. The van der Waals surface area contributed by atoms with Crippen LogP contribution in [0, 0.1) is 0 Å². The number of fused-ring (bicyclic) bond motifs is 1. The molecular weight excluding hydrogens is 414 g/mol. The van der Waals surface area contributed by atoms with Gasteiger partial charge in [-0.1, -0.05) is 34.5 Å². The molecule has 31 heavy (non-hydrogen) atoms. The minimum Gasteiger partial charge on any atom is -0.593 e. The Bertz CT molecular complexity index is 1310. The van der Waals surface area contributed by atoms with E-state index < -0.39 is 10.4 Å². The Morgan fingerprint density at radius 1 is 1.06 bits per heavy atom. The second-order valence-electron chi connectivity index (χ2n) is 7.49. The monoisotopic (exact) mass is 433 g/mol. The van der Waals surface area contributed by atoms with E-state index in [2.05, 4.69) is 9.97 Å². The predicted octanol–water partition coefficient (Wildman–Crippen LogP) is 2.50. The molecule has 1 atom stereocenters. The molecule has 0 aliphatic carbocycles. The number of amides is 1. The number of primary sulfonamides is 1. The fourth-order valence-electron chi connectivity index (χ4n) is 3.85. The standard InChI is InChI=1S/C22H19N5O3S/c23-31(29,30)18-8-6-16(7-9-18)22(28)26-13-17(14-26)21-25-12-19-20(24-10-11-27(19)21)15-4-2-1-3-5-15/h1-12,17H,13-14H2,(H2-,23,29,30). The molecule has 4 aromatic rings. The number of carbonyl (C=O) groups excluding carboxylic acids is 1. The van der Waals surface area contributed by atoms with Gasteiger partial charge in [0.1, 0.15) is 5.82 Å². The van der Waals surface area contributed by atoms with Crippen LogP contribution in [0.5, 0.6) is 0 Å². The van der Waals surface area contributed by atoms with Crippen LogP contribution in [0.2, 0.25) is 0 Å². The fourth-order valence-corrected chi connectivity index (χ4v) is 4.36. The number of nitrogens with zero attached hydrogens (tertiary/aromatic N) is 4. The van der Waals surface area contributed by atoms with Gasteiger partial charge in [-0.25, -0.2) is 4.98 Å². The summed E-state index contributed by atoms with van der Waals surface area (Å²) >= 11 is 0. The lowest BCUT2D eigenvalue weighted by atomic mass is 9.98. The Morgan fingerprint density at radius 3 is 2.45 bits per heavy atom. The van der Waals surface area contributed by atoms with Crippen molar-refractivity contribution < 1.29 is 13.6 Å². The van der Waals surface area contributed by atoms with Gasteiger partial charge in [0.2, 0.25) is 0 Å². The van der Waals surface area contributed by atoms with Crippen LogP contribution in [0.25, 0.3) is 16.8 Å². The number of benzene rings is 2. The lowest BCUT2D eigenvalue weighted by Gasteiger charge is -2.38. The molecule has 2 aromatic carbocycles. The molecule has 9 heteroatoms. The molecule has 2 N–H and O–H groups in total. The van der Waals surface area contributed by atoms with Gasteiger partial charge in [0.15, 0.2) is 15.3 Å². The molecule has 2 aromatic heterocycles. The van der Waals surface area contributed by atoms with Crippen LogP contribution in [-0.2, 0) is 14.6 Å². The number of hydrogen-bond donors (Lipinski definition) is 1. The van der Waals surface area contributed by atoms with Gasteiger partial charge in [0.25, 0.3) is 5.91 Å². The summed E-state index contributed by atoms with van der Waals surface area (Å²) in [6, 6.07) is 15.6. The Labute approximate surface area is 179 Å². The summed E-state index contributed by atoms with van der Waals surface area (Å²) in [7, 11) is -3.78. The summed E-state index contributed by atoms with van der Waals surface area (Å²) in [6.07, 6.45) is 5.47. The third-order valence-corrected chi connectivity index (χ3v) is 6.43. The van der Waals surface area contributed by atoms with Crippen molar-refractivity contribution in [3.63, 3.8) is 0 Å². The predicted molar refractivity (Wildman–Crippen MR) is 115 cm³/mol. The van der Waals surface area contributed by atoms with Crippen LogP contribution in [0.4, 0.5) is 0 Å². The van der Waals surface area contributed by atoms with E-state index in [1.165, 1.54) is 24.3 Å². The van der Waals surface area contributed by atoms with Crippen LogP contribution in [-0.4, -0.2) is 42.8 Å². The van der Waals surface area contributed by atoms with E-state index >= 15 is 0 Å². The molecule has 0 radical (unpaired) electrons. The van der Waals surface area contributed by atoms with Gasteiger partial charge in [-0.2, -0.15) is 0 Å². The number of nitrogens with two attached hydrogens (primary N) is 1. The number of rotatable bonds is 4. The summed E-state index contributed by atoms with van der Waals surface area (Å²) in [5.74, 6) is 0.856. The average Bonchev–Trinajstić information content (AvgIpc) is 3.17. The first-order valence-electron chi connectivity index (χ1n) is 9.71. The van der Waals surface area contributed by atoms with Gasteiger partial charge in [0, 0.05) is 36.6 Å². The Balaban J connectivity index is 1.34. The molecular formula is C22H19N5O3S. The topological polar surface area (TPSA) is 117 Å². The highest BCUT2D eigenvalue weighted by Crippen LogP contribution is 2.30. The van der Waals surface area contributed by atoms with Gasteiger partial charge in [-0.15, -0.1) is 5.14 Å². The highest BCUT2D eigenvalue weighted by molar-refractivity contribution is 7.95. The van der Waals surface area contributed by atoms with Crippen molar-refractivity contribution in [2.75, 3.05) is 13.1 Å². The molecule has 156 valence electrons. The first-order valence-corrected chi connectivity index (χ1v) is 11.3. The van der Waals surface area contributed by atoms with E-state index in [0.717, 1.165) is 22.6 Å². The van der Waals surface area contributed by atoms with E-state index in [1.807, 2.05) is 47.1 Å². The molecule has 0 bridgehead atoms. The molecule has 1 amide bonds. The molecule has 8 nitrogen and oxygen atoms in total. The van der Waals surface area contributed by atoms with E-state index in [-0.39, 0.29) is 16.7 Å². The van der Waals surface area contributed by atoms with Gasteiger partial charge in [-0.05, 0) is 24.3 Å². The molecule has 0 spiro atoms. The van der Waals surface area contributed by atoms with Crippen molar-refractivity contribution in [2.45, 2.75) is 10.8 Å². The molecule has 1 aliphatic rings. The maximum absolute atomic E-state index is 12.7. The summed E-state index contributed by atoms with van der Waals surface area (Å²) in [4.78, 5) is 23.6. The number of hydrogen-bond acceptors (Lipinski definition) is 5. The normalized spacial score (nSPS) is 16.1. The highest BCUT2D eigenvalue weighted by Gasteiger charge is 2.35. The van der Waals surface area contributed by atoms with Gasteiger partial charge in [-0.3, -0.25) is 14.2 Å². The van der Waals surface area contributed by atoms with E-state index in [1.54, 1.807) is 11.1 Å². The van der Waals surface area contributed by atoms with Crippen LogP contribution in [0.1, 0.15) is 22.1 Å². The zero-order valence-electron chi connectivity index (χ0n) is 16.4. The summed E-state index contributed by atoms with van der Waals surface area (Å²) in [5.41, 5.74) is 3.23. The molecule has 1 fully saturated rings. The second kappa shape index (κ2) is 7.38. The molecule has 0 saturated carbocycles. The van der Waals surface area contributed by atoms with Gasteiger partial charge < -0.3 is 9.45 Å². The minimum absolute atomic E-state index is 0.0165. The van der Waals surface area contributed by atoms with Crippen molar-refractivity contribution >= 4 is 21.8 Å². The maximum Gasteiger partial charge on any atom is 0.253 e. The quantitative estimate of drug-likeness (QED) is 0.496. The van der Waals surface area contributed by atoms with Crippen molar-refractivity contribution in [1.29, 1.82) is 0 Å². The Hall–Kier alpha value is -3.40. The van der Waals surface area contributed by atoms with E-state index in [9.17, 15) is 13.6 Å². The number of carbonyl (C=O) groups is 1. The van der Waals surface area contributed by atoms with Crippen molar-refractivity contribution in [3.05, 3.63) is 84.6 Å². The first kappa shape index (κ1) is 19.6. The average molecular weight is 433 g/mol. The number of aromatic nitrogens is 3.